The highest BCUT2D eigenvalue weighted by Gasteiger charge is 2.22. The molecule has 0 spiro atoms. The number of nitrogens with zero attached hydrogens (tertiary/aromatic N) is 2. The summed E-state index contributed by atoms with van der Waals surface area (Å²) >= 11 is 6.20. The summed E-state index contributed by atoms with van der Waals surface area (Å²) in [6.45, 7) is 3.20. The van der Waals surface area contributed by atoms with Crippen molar-refractivity contribution in [1.29, 1.82) is 0 Å². The summed E-state index contributed by atoms with van der Waals surface area (Å²) in [5, 5.41) is 4.80. The van der Waals surface area contributed by atoms with Crippen LogP contribution < -0.4 is 5.73 Å². The van der Waals surface area contributed by atoms with Gasteiger partial charge >= 0.3 is 0 Å². The Morgan fingerprint density at radius 3 is 3.05 bits per heavy atom. The van der Waals surface area contributed by atoms with Crippen molar-refractivity contribution in [3.05, 3.63) is 40.6 Å². The molecule has 2 N–H and O–H groups in total. The summed E-state index contributed by atoms with van der Waals surface area (Å²) in [5.41, 5.74) is 8.04. The average Bonchev–Trinajstić information content (AvgIpc) is 3.02. The largest absolute Gasteiger partial charge is 0.469 e. The van der Waals surface area contributed by atoms with Crippen molar-refractivity contribution >= 4 is 11.6 Å². The molecule has 5 nitrogen and oxygen atoms in total. The number of aryl methyl sites for hydroxylation is 1. The van der Waals surface area contributed by atoms with Crippen LogP contribution in [-0.2, 0) is 17.7 Å². The Bertz CT molecular complexity index is 536. The first-order chi connectivity index (χ1) is 9.19. The molecule has 1 unspecified atom stereocenters. The van der Waals surface area contributed by atoms with Gasteiger partial charge in [0, 0.05) is 19.1 Å². The Hall–Kier alpha value is -1.30. The highest BCUT2D eigenvalue weighted by Crippen LogP contribution is 2.29. The average molecular weight is 284 g/mol. The number of methoxy groups -OCH3 is 1. The van der Waals surface area contributed by atoms with Crippen LogP contribution in [0, 0.1) is 0 Å². The van der Waals surface area contributed by atoms with Gasteiger partial charge in [0.2, 0.25) is 0 Å². The lowest BCUT2D eigenvalue weighted by Gasteiger charge is -2.15. The van der Waals surface area contributed by atoms with Gasteiger partial charge in [-0.05, 0) is 6.07 Å². The molecule has 0 aromatic carbocycles. The number of aromatic nitrogens is 2. The zero-order valence-electron chi connectivity index (χ0n) is 11.1. The molecule has 6 heteroatoms. The fourth-order valence-corrected chi connectivity index (χ4v) is 2.36. The minimum atomic E-state index is -0.347. The zero-order chi connectivity index (χ0) is 13.8. The molecule has 2 rings (SSSR count). The molecule has 1 atom stereocenters. The van der Waals surface area contributed by atoms with Crippen molar-refractivity contribution in [2.75, 3.05) is 13.7 Å². The standard InChI is InChI=1S/C13H18ClN3O2/c1-3-11-9(4-6-19-11)12(15)13-10(14)8-16-17(13)5-7-18-2/h4,6,8,12H,3,5,7,15H2,1-2H3. The van der Waals surface area contributed by atoms with Crippen LogP contribution in [0.2, 0.25) is 5.02 Å². The SMILES string of the molecule is CCc1occc1C(N)c1c(Cl)cnn1CCOC. The smallest absolute Gasteiger partial charge is 0.108 e. The van der Waals surface area contributed by atoms with E-state index in [1.54, 1.807) is 24.3 Å². The van der Waals surface area contributed by atoms with Crippen LogP contribution in [0.3, 0.4) is 0 Å². The Kier molecular flexibility index (Phi) is 4.63. The van der Waals surface area contributed by atoms with E-state index in [2.05, 4.69) is 5.10 Å². The van der Waals surface area contributed by atoms with Crippen molar-refractivity contribution < 1.29 is 9.15 Å². The van der Waals surface area contributed by atoms with Crippen LogP contribution >= 0.6 is 11.6 Å². The molecule has 0 aliphatic rings. The van der Waals surface area contributed by atoms with Crippen molar-refractivity contribution in [1.82, 2.24) is 9.78 Å². The summed E-state index contributed by atoms with van der Waals surface area (Å²) in [4.78, 5) is 0. The Balaban J connectivity index is 2.32. The van der Waals surface area contributed by atoms with E-state index in [9.17, 15) is 0 Å². The maximum absolute atomic E-state index is 6.31. The van der Waals surface area contributed by atoms with Gasteiger partial charge in [0.05, 0.1) is 42.4 Å². The molecule has 0 amide bonds. The quantitative estimate of drug-likeness (QED) is 0.884. The fraction of sp³-hybridized carbons (Fsp3) is 0.462. The lowest BCUT2D eigenvalue weighted by Crippen LogP contribution is -2.20. The second-order valence-electron chi connectivity index (χ2n) is 4.22. The Morgan fingerprint density at radius 1 is 1.58 bits per heavy atom. The van der Waals surface area contributed by atoms with Gasteiger partial charge in [-0.3, -0.25) is 4.68 Å². The summed E-state index contributed by atoms with van der Waals surface area (Å²) < 4.78 is 12.3. The van der Waals surface area contributed by atoms with E-state index in [1.807, 2.05) is 13.0 Å². The summed E-state index contributed by atoms with van der Waals surface area (Å²) in [6, 6.07) is 1.54. The second kappa shape index (κ2) is 6.23. The van der Waals surface area contributed by atoms with Crippen molar-refractivity contribution in [2.45, 2.75) is 25.9 Å². The van der Waals surface area contributed by atoms with Crippen LogP contribution in [0.5, 0.6) is 0 Å². The van der Waals surface area contributed by atoms with E-state index in [-0.39, 0.29) is 6.04 Å². The van der Waals surface area contributed by atoms with Crippen LogP contribution in [0.1, 0.15) is 30.0 Å². The van der Waals surface area contributed by atoms with Gasteiger partial charge in [0.15, 0.2) is 0 Å². The predicted molar refractivity (Wildman–Crippen MR) is 73.2 cm³/mol. The lowest BCUT2D eigenvalue weighted by molar-refractivity contribution is 0.182. The maximum atomic E-state index is 6.31. The third kappa shape index (κ3) is 2.83. The number of rotatable bonds is 6. The van der Waals surface area contributed by atoms with E-state index in [1.165, 1.54) is 0 Å². The van der Waals surface area contributed by atoms with Crippen molar-refractivity contribution in [2.24, 2.45) is 5.73 Å². The van der Waals surface area contributed by atoms with Gasteiger partial charge in [0.1, 0.15) is 5.76 Å². The number of ether oxygens (including phenoxy) is 1. The first kappa shape index (κ1) is 14.1. The molecule has 0 radical (unpaired) electrons. The fourth-order valence-electron chi connectivity index (χ4n) is 2.10. The first-order valence-corrected chi connectivity index (χ1v) is 6.58. The number of hydrogen-bond acceptors (Lipinski definition) is 4. The Labute approximate surface area is 117 Å². The summed E-state index contributed by atoms with van der Waals surface area (Å²) in [5.74, 6) is 0.878. The molecule has 0 bridgehead atoms. The van der Waals surface area contributed by atoms with Gasteiger partial charge in [0.25, 0.3) is 0 Å². The van der Waals surface area contributed by atoms with Gasteiger partial charge in [-0.25, -0.2) is 0 Å². The zero-order valence-corrected chi connectivity index (χ0v) is 11.9. The molecule has 0 fully saturated rings. The number of furan rings is 1. The predicted octanol–water partition coefficient (Wildman–Crippen LogP) is 2.39. The monoisotopic (exact) mass is 283 g/mol. The van der Waals surface area contributed by atoms with E-state index >= 15 is 0 Å². The molecule has 104 valence electrons. The molecule has 0 aliphatic heterocycles. The second-order valence-corrected chi connectivity index (χ2v) is 4.63. The molecule has 0 saturated carbocycles. The Morgan fingerprint density at radius 2 is 2.37 bits per heavy atom. The molecule has 19 heavy (non-hydrogen) atoms. The third-order valence-electron chi connectivity index (χ3n) is 3.07. The van der Waals surface area contributed by atoms with E-state index < -0.39 is 0 Å². The number of hydrogen-bond donors (Lipinski definition) is 1. The maximum Gasteiger partial charge on any atom is 0.108 e. The van der Waals surface area contributed by atoms with Crippen LogP contribution in [0.15, 0.2) is 22.9 Å². The van der Waals surface area contributed by atoms with E-state index in [0.29, 0.717) is 18.2 Å². The molecule has 2 aromatic rings. The minimum absolute atomic E-state index is 0.347. The molecule has 0 aliphatic carbocycles. The molecule has 0 saturated heterocycles. The van der Waals surface area contributed by atoms with Gasteiger partial charge in [-0.1, -0.05) is 18.5 Å². The normalized spacial score (nSPS) is 12.8. The number of halogens is 1. The van der Waals surface area contributed by atoms with Gasteiger partial charge in [-0.15, -0.1) is 0 Å². The minimum Gasteiger partial charge on any atom is -0.469 e. The van der Waals surface area contributed by atoms with Crippen LogP contribution in [0.25, 0.3) is 0 Å². The van der Waals surface area contributed by atoms with E-state index in [4.69, 9.17) is 26.5 Å². The van der Waals surface area contributed by atoms with E-state index in [0.717, 1.165) is 23.4 Å². The molecular weight excluding hydrogens is 266 g/mol. The topological polar surface area (TPSA) is 66.2 Å². The van der Waals surface area contributed by atoms with Gasteiger partial charge < -0.3 is 14.9 Å². The highest BCUT2D eigenvalue weighted by molar-refractivity contribution is 6.31. The van der Waals surface area contributed by atoms with Gasteiger partial charge in [-0.2, -0.15) is 5.10 Å². The summed E-state index contributed by atoms with van der Waals surface area (Å²) in [7, 11) is 1.65. The van der Waals surface area contributed by atoms with Crippen LogP contribution in [-0.4, -0.2) is 23.5 Å². The van der Waals surface area contributed by atoms with Crippen molar-refractivity contribution in [3.63, 3.8) is 0 Å². The first-order valence-electron chi connectivity index (χ1n) is 6.21. The molecular formula is C13H18ClN3O2. The highest BCUT2D eigenvalue weighted by atomic mass is 35.5. The summed E-state index contributed by atoms with van der Waals surface area (Å²) in [6.07, 6.45) is 4.05. The molecule has 2 heterocycles. The third-order valence-corrected chi connectivity index (χ3v) is 3.36. The van der Waals surface area contributed by atoms with Crippen LogP contribution in [0.4, 0.5) is 0 Å². The lowest BCUT2D eigenvalue weighted by atomic mass is 10.0. The molecule has 2 aromatic heterocycles. The van der Waals surface area contributed by atoms with Crippen molar-refractivity contribution in [3.8, 4) is 0 Å². The number of nitrogens with two attached hydrogens (primary N) is 1.